The summed E-state index contributed by atoms with van der Waals surface area (Å²) in [6.07, 6.45) is 0. The summed E-state index contributed by atoms with van der Waals surface area (Å²) in [5.41, 5.74) is 1.97. The van der Waals surface area contributed by atoms with Crippen LogP contribution < -0.4 is 10.1 Å². The Bertz CT molecular complexity index is 1030. The van der Waals surface area contributed by atoms with Gasteiger partial charge in [0, 0.05) is 4.88 Å². The number of hydrogen-bond acceptors (Lipinski definition) is 5. The number of methoxy groups -OCH3 is 1. The Hall–Kier alpha value is -2.63. The molecule has 0 aliphatic rings. The van der Waals surface area contributed by atoms with E-state index in [0.717, 1.165) is 32.1 Å². The number of anilines is 2. The number of benzene rings is 2. The van der Waals surface area contributed by atoms with E-state index >= 15 is 0 Å². The van der Waals surface area contributed by atoms with Gasteiger partial charge in [0.15, 0.2) is 0 Å². The molecule has 0 saturated carbocycles. The third-order valence-corrected chi connectivity index (χ3v) is 5.03. The number of aromatic nitrogens is 2. The van der Waals surface area contributed by atoms with E-state index in [1.54, 1.807) is 18.4 Å². The second kappa shape index (κ2) is 6.70. The molecule has 0 radical (unpaired) electrons. The monoisotopic (exact) mass is 367 g/mol. The van der Waals surface area contributed by atoms with Gasteiger partial charge in [-0.05, 0) is 35.4 Å². The minimum absolute atomic E-state index is 0.214. The van der Waals surface area contributed by atoms with E-state index in [1.807, 2.05) is 42.5 Å². The van der Waals surface area contributed by atoms with Crippen LogP contribution in [0.2, 0.25) is 5.28 Å². The second-order valence-electron chi connectivity index (χ2n) is 5.36. The minimum Gasteiger partial charge on any atom is -0.495 e. The first-order valence-electron chi connectivity index (χ1n) is 7.67. The first-order valence-corrected chi connectivity index (χ1v) is 8.86. The van der Waals surface area contributed by atoms with Crippen molar-refractivity contribution in [3.8, 4) is 16.2 Å². The molecule has 124 valence electrons. The summed E-state index contributed by atoms with van der Waals surface area (Å²) in [5, 5.41) is 4.46. The van der Waals surface area contributed by atoms with E-state index < -0.39 is 0 Å². The van der Waals surface area contributed by atoms with Crippen molar-refractivity contribution in [1.29, 1.82) is 0 Å². The van der Waals surface area contributed by atoms with Crippen molar-refractivity contribution >= 4 is 44.7 Å². The van der Waals surface area contributed by atoms with Crippen LogP contribution in [0.3, 0.4) is 0 Å². The van der Waals surface area contributed by atoms with Gasteiger partial charge in [0.05, 0.1) is 18.2 Å². The molecule has 0 amide bonds. The maximum atomic E-state index is 6.13. The molecule has 0 saturated heterocycles. The summed E-state index contributed by atoms with van der Waals surface area (Å²) < 4.78 is 5.40. The Labute approximate surface area is 154 Å². The topological polar surface area (TPSA) is 47.0 Å². The van der Waals surface area contributed by atoms with Crippen LogP contribution in [0.15, 0.2) is 60.7 Å². The lowest BCUT2D eigenvalue weighted by Crippen LogP contribution is -1.98. The summed E-state index contributed by atoms with van der Waals surface area (Å²) in [4.78, 5) is 10.7. The maximum Gasteiger partial charge on any atom is 0.225 e. The van der Waals surface area contributed by atoms with Crippen LogP contribution in [-0.2, 0) is 0 Å². The molecular weight excluding hydrogens is 354 g/mol. The molecule has 0 fully saturated rings. The number of thiophene rings is 1. The van der Waals surface area contributed by atoms with Crippen molar-refractivity contribution in [2.45, 2.75) is 0 Å². The lowest BCUT2D eigenvalue weighted by molar-refractivity contribution is 0.417. The van der Waals surface area contributed by atoms with Crippen molar-refractivity contribution in [3.63, 3.8) is 0 Å². The number of nitrogens with zero attached hydrogens (tertiary/aromatic N) is 2. The molecule has 0 atom stereocenters. The standard InChI is InChI=1S/C19H14ClN3OS/c1-24-15-10-6-5-9-14(15)21-17-13-11-16(12-7-3-2-4-8-12)25-18(13)23-19(20)22-17/h2-11H,1H3,(H,21,22,23). The van der Waals surface area contributed by atoms with E-state index in [0.29, 0.717) is 5.82 Å². The van der Waals surface area contributed by atoms with Gasteiger partial charge >= 0.3 is 0 Å². The van der Waals surface area contributed by atoms with Crippen LogP contribution in [-0.4, -0.2) is 17.1 Å². The fourth-order valence-electron chi connectivity index (χ4n) is 2.61. The number of para-hydroxylation sites is 2. The zero-order valence-corrected chi connectivity index (χ0v) is 14.9. The van der Waals surface area contributed by atoms with Gasteiger partial charge < -0.3 is 10.1 Å². The molecule has 0 bridgehead atoms. The van der Waals surface area contributed by atoms with Gasteiger partial charge in [-0.3, -0.25) is 0 Å². The van der Waals surface area contributed by atoms with Crippen LogP contribution in [0.25, 0.3) is 20.7 Å². The first kappa shape index (κ1) is 15.9. The van der Waals surface area contributed by atoms with Crippen molar-refractivity contribution < 1.29 is 4.74 Å². The van der Waals surface area contributed by atoms with Crippen LogP contribution in [0, 0.1) is 0 Å². The molecule has 4 nitrogen and oxygen atoms in total. The summed E-state index contributed by atoms with van der Waals surface area (Å²) in [5.74, 6) is 1.40. The average Bonchev–Trinajstić information content (AvgIpc) is 3.07. The average molecular weight is 368 g/mol. The van der Waals surface area contributed by atoms with Crippen molar-refractivity contribution in [3.05, 3.63) is 65.9 Å². The largest absolute Gasteiger partial charge is 0.495 e. The van der Waals surface area contributed by atoms with Crippen molar-refractivity contribution in [2.24, 2.45) is 0 Å². The molecule has 1 N–H and O–H groups in total. The van der Waals surface area contributed by atoms with E-state index in [2.05, 4.69) is 33.5 Å². The highest BCUT2D eigenvalue weighted by atomic mass is 35.5. The van der Waals surface area contributed by atoms with E-state index in [4.69, 9.17) is 16.3 Å². The molecule has 4 rings (SSSR count). The number of fused-ring (bicyclic) bond motifs is 1. The lowest BCUT2D eigenvalue weighted by Gasteiger charge is -2.10. The second-order valence-corrected chi connectivity index (χ2v) is 6.73. The zero-order valence-electron chi connectivity index (χ0n) is 13.4. The predicted octanol–water partition coefficient (Wildman–Crippen LogP) is 5.76. The molecule has 0 aliphatic heterocycles. The molecule has 25 heavy (non-hydrogen) atoms. The molecule has 6 heteroatoms. The Morgan fingerprint density at radius 3 is 2.56 bits per heavy atom. The quantitative estimate of drug-likeness (QED) is 0.465. The molecular formula is C19H14ClN3OS. The van der Waals surface area contributed by atoms with Crippen molar-refractivity contribution in [1.82, 2.24) is 9.97 Å². The Balaban J connectivity index is 1.82. The molecule has 0 unspecified atom stereocenters. The number of nitrogens with one attached hydrogen (secondary N) is 1. The summed E-state index contributed by atoms with van der Waals surface area (Å²) in [6, 6.07) is 20.0. The Kier molecular flexibility index (Phi) is 4.26. The van der Waals surface area contributed by atoms with Gasteiger partial charge in [-0.15, -0.1) is 11.3 Å². The highest BCUT2D eigenvalue weighted by Crippen LogP contribution is 2.37. The highest BCUT2D eigenvalue weighted by Gasteiger charge is 2.13. The third-order valence-electron chi connectivity index (χ3n) is 3.78. The van der Waals surface area contributed by atoms with Gasteiger partial charge in [0.1, 0.15) is 16.4 Å². The van der Waals surface area contributed by atoms with Gasteiger partial charge in [-0.25, -0.2) is 4.98 Å². The smallest absolute Gasteiger partial charge is 0.225 e. The van der Waals surface area contributed by atoms with Crippen LogP contribution in [0.5, 0.6) is 5.75 Å². The van der Waals surface area contributed by atoms with E-state index in [1.165, 1.54) is 0 Å². The number of ether oxygens (including phenoxy) is 1. The number of halogens is 1. The SMILES string of the molecule is COc1ccccc1Nc1nc(Cl)nc2sc(-c3ccccc3)cc12. The fraction of sp³-hybridized carbons (Fsp3) is 0.0526. The minimum atomic E-state index is 0.214. The summed E-state index contributed by atoms with van der Waals surface area (Å²) >= 11 is 7.72. The zero-order chi connectivity index (χ0) is 17.2. The fourth-order valence-corrected chi connectivity index (χ4v) is 3.87. The third kappa shape index (κ3) is 3.16. The molecule has 2 aromatic carbocycles. The van der Waals surface area contributed by atoms with Gasteiger partial charge in [0.2, 0.25) is 5.28 Å². The summed E-state index contributed by atoms with van der Waals surface area (Å²) in [7, 11) is 1.64. The van der Waals surface area contributed by atoms with Crippen LogP contribution in [0.4, 0.5) is 11.5 Å². The normalized spacial score (nSPS) is 10.8. The molecule has 4 aromatic rings. The number of hydrogen-bond donors (Lipinski definition) is 1. The molecule has 0 spiro atoms. The van der Waals surface area contributed by atoms with Gasteiger partial charge in [0.25, 0.3) is 0 Å². The van der Waals surface area contributed by atoms with E-state index in [-0.39, 0.29) is 5.28 Å². The lowest BCUT2D eigenvalue weighted by atomic mass is 10.2. The summed E-state index contributed by atoms with van der Waals surface area (Å²) in [6.45, 7) is 0. The Morgan fingerprint density at radius 2 is 1.76 bits per heavy atom. The predicted molar refractivity (Wildman–Crippen MR) is 104 cm³/mol. The molecule has 2 heterocycles. The van der Waals surface area contributed by atoms with Crippen LogP contribution >= 0.6 is 22.9 Å². The molecule has 0 aliphatic carbocycles. The maximum absolute atomic E-state index is 6.13. The first-order chi connectivity index (χ1) is 12.2. The van der Waals surface area contributed by atoms with Gasteiger partial charge in [-0.1, -0.05) is 42.5 Å². The van der Waals surface area contributed by atoms with Gasteiger partial charge in [-0.2, -0.15) is 4.98 Å². The molecule has 2 aromatic heterocycles. The highest BCUT2D eigenvalue weighted by molar-refractivity contribution is 7.22. The number of rotatable bonds is 4. The Morgan fingerprint density at radius 1 is 1.00 bits per heavy atom. The van der Waals surface area contributed by atoms with Crippen molar-refractivity contribution in [2.75, 3.05) is 12.4 Å². The van der Waals surface area contributed by atoms with Crippen LogP contribution in [0.1, 0.15) is 0 Å². The van der Waals surface area contributed by atoms with E-state index in [9.17, 15) is 0 Å².